The molecule has 0 unspecified atom stereocenters. The first-order valence-corrected chi connectivity index (χ1v) is 3.16. The third-order valence-corrected chi connectivity index (χ3v) is 1.27. The van der Waals surface area contributed by atoms with E-state index in [-0.39, 0.29) is 0 Å². The summed E-state index contributed by atoms with van der Waals surface area (Å²) in [6.07, 6.45) is 10.3. The molecular formula is C10H7N. The van der Waals surface area contributed by atoms with E-state index in [0.717, 1.165) is 5.69 Å². The number of rotatable bonds is 1. The van der Waals surface area contributed by atoms with Gasteiger partial charge in [0.1, 0.15) is 0 Å². The van der Waals surface area contributed by atoms with Gasteiger partial charge in [-0.2, -0.15) is 0 Å². The molecule has 1 aromatic carbocycles. The number of hydrogen-bond donors (Lipinski definition) is 0. The highest BCUT2D eigenvalue weighted by Crippen LogP contribution is 2.09. The van der Waals surface area contributed by atoms with Gasteiger partial charge in [0, 0.05) is 12.1 Å². The summed E-state index contributed by atoms with van der Waals surface area (Å²) in [6, 6.07) is 14.1. The van der Waals surface area contributed by atoms with Gasteiger partial charge in [0.15, 0.2) is 0 Å². The van der Waals surface area contributed by atoms with E-state index in [9.17, 15) is 0 Å². The van der Waals surface area contributed by atoms with E-state index in [1.807, 2.05) is 30.3 Å². The Morgan fingerprint density at radius 3 is 2.00 bits per heavy atom. The molecule has 11 heavy (non-hydrogen) atoms. The van der Waals surface area contributed by atoms with Crippen molar-refractivity contribution < 1.29 is 0 Å². The molecule has 0 amide bonds. The predicted molar refractivity (Wildman–Crippen MR) is 46.6 cm³/mol. The molecule has 0 aliphatic heterocycles. The summed E-state index contributed by atoms with van der Waals surface area (Å²) in [5.41, 5.74) is 0.845. The lowest BCUT2D eigenvalue weighted by atomic mass is 10.3. The third kappa shape index (κ3) is 1.53. The van der Waals surface area contributed by atoms with Crippen LogP contribution in [-0.4, -0.2) is 0 Å². The molecule has 0 saturated heterocycles. The SMILES string of the molecule is C#CN(C#C)c1ccccc1. The summed E-state index contributed by atoms with van der Waals surface area (Å²) in [7, 11) is 0. The van der Waals surface area contributed by atoms with Crippen molar-refractivity contribution in [3.63, 3.8) is 0 Å². The first kappa shape index (κ1) is 7.25. The molecule has 0 atom stereocenters. The Morgan fingerprint density at radius 2 is 1.55 bits per heavy atom. The molecule has 0 heterocycles. The standard InChI is InChI=1S/C10H7N/c1-3-11(4-2)10-8-6-5-7-9-10/h1-2,5-9H. The Bertz CT molecular complexity index is 286. The summed E-state index contributed by atoms with van der Waals surface area (Å²) in [5, 5.41) is 0. The van der Waals surface area contributed by atoms with Gasteiger partial charge in [0.25, 0.3) is 0 Å². The summed E-state index contributed by atoms with van der Waals surface area (Å²) in [6.45, 7) is 0. The van der Waals surface area contributed by atoms with Gasteiger partial charge in [0.2, 0.25) is 0 Å². The van der Waals surface area contributed by atoms with Crippen LogP contribution < -0.4 is 4.90 Å². The van der Waals surface area contributed by atoms with Crippen LogP contribution in [0.3, 0.4) is 0 Å². The minimum Gasteiger partial charge on any atom is -0.228 e. The van der Waals surface area contributed by atoms with Crippen molar-refractivity contribution >= 4 is 5.69 Å². The zero-order valence-corrected chi connectivity index (χ0v) is 5.99. The molecule has 0 saturated carbocycles. The Morgan fingerprint density at radius 1 is 1.00 bits per heavy atom. The normalized spacial score (nSPS) is 7.82. The predicted octanol–water partition coefficient (Wildman–Crippen LogP) is 1.67. The third-order valence-electron chi connectivity index (χ3n) is 1.27. The zero-order valence-electron chi connectivity index (χ0n) is 5.99. The van der Waals surface area contributed by atoms with E-state index in [0.29, 0.717) is 0 Å². The number of anilines is 1. The van der Waals surface area contributed by atoms with E-state index in [1.54, 1.807) is 0 Å². The number of nitrogens with zero attached hydrogens (tertiary/aromatic N) is 1. The summed E-state index contributed by atoms with van der Waals surface area (Å²) in [4.78, 5) is 1.39. The lowest BCUT2D eigenvalue weighted by Crippen LogP contribution is -2.06. The molecule has 0 N–H and O–H groups in total. The average molecular weight is 141 g/mol. The van der Waals surface area contributed by atoms with Gasteiger partial charge >= 0.3 is 0 Å². The molecule has 52 valence electrons. The van der Waals surface area contributed by atoms with Gasteiger partial charge in [-0.1, -0.05) is 31.0 Å². The smallest absolute Gasteiger partial charge is 0.0636 e. The topological polar surface area (TPSA) is 3.24 Å². The van der Waals surface area contributed by atoms with E-state index in [1.165, 1.54) is 4.90 Å². The number of hydrogen-bond acceptors (Lipinski definition) is 1. The summed E-state index contributed by atoms with van der Waals surface area (Å²) >= 11 is 0. The minimum absolute atomic E-state index is 0.845. The molecular weight excluding hydrogens is 134 g/mol. The van der Waals surface area contributed by atoms with Crippen LogP contribution in [0.5, 0.6) is 0 Å². The molecule has 0 bridgehead atoms. The van der Waals surface area contributed by atoms with Crippen LogP contribution in [0.2, 0.25) is 0 Å². The molecule has 1 aromatic rings. The maximum absolute atomic E-state index is 5.15. The number of terminal acetylenes is 2. The fourth-order valence-corrected chi connectivity index (χ4v) is 0.763. The zero-order chi connectivity index (χ0) is 8.10. The lowest BCUT2D eigenvalue weighted by Gasteiger charge is -2.06. The molecule has 1 nitrogen and oxygen atoms in total. The fraction of sp³-hybridized carbons (Fsp3) is 0. The van der Waals surface area contributed by atoms with Crippen molar-refractivity contribution in [3.05, 3.63) is 30.3 Å². The van der Waals surface area contributed by atoms with Gasteiger partial charge in [0.05, 0.1) is 5.69 Å². The Labute approximate surface area is 66.6 Å². The van der Waals surface area contributed by atoms with E-state index in [4.69, 9.17) is 12.8 Å². The molecule has 0 aliphatic carbocycles. The van der Waals surface area contributed by atoms with Crippen molar-refractivity contribution in [2.45, 2.75) is 0 Å². The van der Waals surface area contributed by atoms with Crippen LogP contribution in [0, 0.1) is 24.9 Å². The van der Waals surface area contributed by atoms with Gasteiger partial charge in [-0.15, -0.1) is 0 Å². The van der Waals surface area contributed by atoms with Crippen molar-refractivity contribution in [2.75, 3.05) is 4.90 Å². The van der Waals surface area contributed by atoms with Crippen LogP contribution in [0.15, 0.2) is 30.3 Å². The van der Waals surface area contributed by atoms with Crippen LogP contribution in [0.4, 0.5) is 5.69 Å². The Kier molecular flexibility index (Phi) is 2.20. The second kappa shape index (κ2) is 3.34. The summed E-state index contributed by atoms with van der Waals surface area (Å²) in [5.74, 6) is 0. The maximum Gasteiger partial charge on any atom is 0.0636 e. The first-order chi connectivity index (χ1) is 5.38. The molecule has 0 aromatic heterocycles. The van der Waals surface area contributed by atoms with Crippen LogP contribution in [-0.2, 0) is 0 Å². The van der Waals surface area contributed by atoms with Crippen LogP contribution in [0.25, 0.3) is 0 Å². The van der Waals surface area contributed by atoms with Crippen LogP contribution in [0.1, 0.15) is 0 Å². The van der Waals surface area contributed by atoms with Gasteiger partial charge in [-0.3, -0.25) is 0 Å². The van der Waals surface area contributed by atoms with Gasteiger partial charge < -0.3 is 0 Å². The van der Waals surface area contributed by atoms with Crippen molar-refractivity contribution in [2.24, 2.45) is 0 Å². The number of para-hydroxylation sites is 1. The Hall–Kier alpha value is -1.86. The highest BCUT2D eigenvalue weighted by molar-refractivity contribution is 5.55. The average Bonchev–Trinajstić information content (AvgIpc) is 2.09. The van der Waals surface area contributed by atoms with Crippen molar-refractivity contribution in [1.82, 2.24) is 0 Å². The maximum atomic E-state index is 5.15. The second-order valence-corrected chi connectivity index (χ2v) is 1.93. The number of benzene rings is 1. The monoisotopic (exact) mass is 141 g/mol. The molecule has 0 radical (unpaired) electrons. The highest BCUT2D eigenvalue weighted by atomic mass is 15.1. The fourth-order valence-electron chi connectivity index (χ4n) is 0.763. The molecule has 0 fully saturated rings. The molecule has 0 spiro atoms. The highest BCUT2D eigenvalue weighted by Gasteiger charge is 1.94. The van der Waals surface area contributed by atoms with E-state index >= 15 is 0 Å². The summed E-state index contributed by atoms with van der Waals surface area (Å²) < 4.78 is 0. The molecule has 1 heteroatoms. The van der Waals surface area contributed by atoms with Crippen molar-refractivity contribution in [1.29, 1.82) is 0 Å². The second-order valence-electron chi connectivity index (χ2n) is 1.93. The quantitative estimate of drug-likeness (QED) is 0.425. The largest absolute Gasteiger partial charge is 0.228 e. The van der Waals surface area contributed by atoms with E-state index in [2.05, 4.69) is 12.1 Å². The van der Waals surface area contributed by atoms with Gasteiger partial charge in [-0.25, -0.2) is 4.90 Å². The van der Waals surface area contributed by atoms with Crippen LogP contribution >= 0.6 is 0 Å². The molecule has 1 rings (SSSR count). The van der Waals surface area contributed by atoms with E-state index < -0.39 is 0 Å². The van der Waals surface area contributed by atoms with Gasteiger partial charge in [-0.05, 0) is 12.1 Å². The lowest BCUT2D eigenvalue weighted by molar-refractivity contribution is 1.40. The first-order valence-electron chi connectivity index (χ1n) is 3.16. The minimum atomic E-state index is 0.845. The molecule has 0 aliphatic rings. The van der Waals surface area contributed by atoms with Crippen molar-refractivity contribution in [3.8, 4) is 24.9 Å². The Balaban J connectivity index is 2.96.